The van der Waals surface area contributed by atoms with Crippen LogP contribution in [0.4, 0.5) is 5.82 Å². The third-order valence-corrected chi connectivity index (χ3v) is 2.31. The highest BCUT2D eigenvalue weighted by atomic mass is 15.0. The summed E-state index contributed by atoms with van der Waals surface area (Å²) in [7, 11) is 0. The van der Waals surface area contributed by atoms with Crippen molar-refractivity contribution in [2.45, 2.75) is 19.8 Å². The quantitative estimate of drug-likeness (QED) is 0.794. The van der Waals surface area contributed by atoms with Crippen LogP contribution in [0.25, 0.3) is 0 Å². The van der Waals surface area contributed by atoms with Crippen LogP contribution in [0, 0.1) is 0 Å². The Morgan fingerprint density at radius 2 is 2.25 bits per heavy atom. The van der Waals surface area contributed by atoms with E-state index in [1.807, 2.05) is 12.3 Å². The van der Waals surface area contributed by atoms with Gasteiger partial charge in [0.1, 0.15) is 18.0 Å². The summed E-state index contributed by atoms with van der Waals surface area (Å²) in [5, 5.41) is 3.25. The third kappa shape index (κ3) is 2.79. The van der Waals surface area contributed by atoms with Crippen LogP contribution in [0.1, 0.15) is 18.4 Å². The zero-order chi connectivity index (χ0) is 11.2. The number of aromatic amines is 1. The molecule has 0 amide bonds. The van der Waals surface area contributed by atoms with E-state index < -0.39 is 0 Å². The van der Waals surface area contributed by atoms with Crippen molar-refractivity contribution in [2.24, 2.45) is 0 Å². The fourth-order valence-corrected chi connectivity index (χ4v) is 1.43. The molecule has 2 rings (SSSR count). The van der Waals surface area contributed by atoms with Crippen molar-refractivity contribution < 1.29 is 0 Å². The van der Waals surface area contributed by atoms with Crippen LogP contribution in [0.15, 0.2) is 24.8 Å². The molecule has 5 nitrogen and oxygen atoms in total. The van der Waals surface area contributed by atoms with Crippen LogP contribution in [0.5, 0.6) is 0 Å². The summed E-state index contributed by atoms with van der Waals surface area (Å²) in [6.45, 7) is 2.89. The van der Waals surface area contributed by atoms with Gasteiger partial charge in [0, 0.05) is 37.1 Å². The summed E-state index contributed by atoms with van der Waals surface area (Å²) in [5.41, 5.74) is 1.05. The van der Waals surface area contributed by atoms with E-state index in [9.17, 15) is 0 Å². The van der Waals surface area contributed by atoms with Gasteiger partial charge in [0.2, 0.25) is 0 Å². The average molecular weight is 217 g/mol. The lowest BCUT2D eigenvalue weighted by Crippen LogP contribution is -2.07. The predicted octanol–water partition coefficient (Wildman–Crippen LogP) is 1.42. The highest BCUT2D eigenvalue weighted by molar-refractivity contribution is 5.34. The smallest absolute Gasteiger partial charge is 0.129 e. The Bertz CT molecular complexity index is 424. The molecule has 0 saturated carbocycles. The number of hydrogen-bond donors (Lipinski definition) is 2. The Balaban J connectivity index is 1.85. The lowest BCUT2D eigenvalue weighted by molar-refractivity contribution is 0.914. The number of anilines is 1. The fraction of sp³-hybridized carbons (Fsp3) is 0.364. The predicted molar refractivity (Wildman–Crippen MR) is 62.2 cm³/mol. The second-order valence-electron chi connectivity index (χ2n) is 3.46. The van der Waals surface area contributed by atoms with Gasteiger partial charge in [-0.25, -0.2) is 15.0 Å². The maximum absolute atomic E-state index is 4.15. The number of imidazole rings is 1. The second-order valence-corrected chi connectivity index (χ2v) is 3.46. The Hall–Kier alpha value is -1.91. The molecule has 0 spiro atoms. The van der Waals surface area contributed by atoms with Crippen LogP contribution in [-0.2, 0) is 12.8 Å². The summed E-state index contributed by atoms with van der Waals surface area (Å²) >= 11 is 0. The number of nitrogens with zero attached hydrogens (tertiary/aromatic N) is 3. The van der Waals surface area contributed by atoms with Gasteiger partial charge in [-0.15, -0.1) is 0 Å². The zero-order valence-electron chi connectivity index (χ0n) is 9.27. The molecule has 0 fully saturated rings. The standard InChI is InChI=1S/C11H15N5/c1-2-9-7-11(16-8-15-9)12-4-3-10-13-5-6-14-10/h5-8H,2-4H2,1H3,(H,13,14)(H,12,15,16). The largest absolute Gasteiger partial charge is 0.370 e. The molecule has 2 aromatic rings. The first kappa shape index (κ1) is 10.6. The van der Waals surface area contributed by atoms with Gasteiger partial charge in [-0.3, -0.25) is 0 Å². The van der Waals surface area contributed by atoms with Gasteiger partial charge < -0.3 is 10.3 Å². The molecular formula is C11H15N5. The van der Waals surface area contributed by atoms with E-state index in [0.29, 0.717) is 0 Å². The lowest BCUT2D eigenvalue weighted by Gasteiger charge is -2.04. The lowest BCUT2D eigenvalue weighted by atomic mass is 10.3. The van der Waals surface area contributed by atoms with Gasteiger partial charge in [-0.2, -0.15) is 0 Å². The molecule has 0 atom stereocenters. The molecule has 5 heteroatoms. The van der Waals surface area contributed by atoms with E-state index in [1.165, 1.54) is 0 Å². The second kappa shape index (κ2) is 5.25. The van der Waals surface area contributed by atoms with Crippen molar-refractivity contribution >= 4 is 5.82 Å². The molecule has 2 aromatic heterocycles. The van der Waals surface area contributed by atoms with Gasteiger partial charge in [-0.1, -0.05) is 6.92 Å². The van der Waals surface area contributed by atoms with E-state index >= 15 is 0 Å². The fourth-order valence-electron chi connectivity index (χ4n) is 1.43. The Morgan fingerprint density at radius 3 is 3.00 bits per heavy atom. The van der Waals surface area contributed by atoms with E-state index in [2.05, 4.69) is 32.2 Å². The van der Waals surface area contributed by atoms with E-state index in [-0.39, 0.29) is 0 Å². The van der Waals surface area contributed by atoms with Crippen molar-refractivity contribution in [1.29, 1.82) is 0 Å². The van der Waals surface area contributed by atoms with Crippen LogP contribution in [0.2, 0.25) is 0 Å². The zero-order valence-corrected chi connectivity index (χ0v) is 9.27. The molecule has 16 heavy (non-hydrogen) atoms. The summed E-state index contributed by atoms with van der Waals surface area (Å²) in [6.07, 6.45) is 6.96. The first-order chi connectivity index (χ1) is 7.88. The minimum absolute atomic E-state index is 0.813. The molecule has 0 saturated heterocycles. The van der Waals surface area contributed by atoms with Gasteiger partial charge in [0.05, 0.1) is 0 Å². The van der Waals surface area contributed by atoms with E-state index in [1.54, 1.807) is 12.5 Å². The van der Waals surface area contributed by atoms with Gasteiger partial charge in [0.15, 0.2) is 0 Å². The first-order valence-corrected chi connectivity index (χ1v) is 5.41. The van der Waals surface area contributed by atoms with Crippen molar-refractivity contribution in [3.05, 3.63) is 36.3 Å². The molecule has 0 aliphatic heterocycles. The molecule has 0 aliphatic rings. The van der Waals surface area contributed by atoms with Gasteiger partial charge in [-0.05, 0) is 6.42 Å². The summed E-state index contributed by atoms with van der Waals surface area (Å²) in [5.74, 6) is 1.86. The monoisotopic (exact) mass is 217 g/mol. The third-order valence-electron chi connectivity index (χ3n) is 2.31. The van der Waals surface area contributed by atoms with Crippen molar-refractivity contribution in [3.63, 3.8) is 0 Å². The van der Waals surface area contributed by atoms with Crippen molar-refractivity contribution in [2.75, 3.05) is 11.9 Å². The minimum atomic E-state index is 0.813. The van der Waals surface area contributed by atoms with Crippen LogP contribution < -0.4 is 5.32 Å². The molecule has 0 aromatic carbocycles. The summed E-state index contributed by atoms with van der Waals surface area (Å²) in [6, 6.07) is 1.97. The van der Waals surface area contributed by atoms with Crippen LogP contribution in [-0.4, -0.2) is 26.5 Å². The maximum atomic E-state index is 4.15. The highest BCUT2D eigenvalue weighted by Gasteiger charge is 1.98. The molecular weight excluding hydrogens is 202 g/mol. The Labute approximate surface area is 94.4 Å². The first-order valence-electron chi connectivity index (χ1n) is 5.41. The number of rotatable bonds is 5. The molecule has 0 unspecified atom stereocenters. The normalized spacial score (nSPS) is 10.3. The molecule has 2 N–H and O–H groups in total. The van der Waals surface area contributed by atoms with E-state index in [0.717, 1.165) is 36.7 Å². The van der Waals surface area contributed by atoms with E-state index in [4.69, 9.17) is 0 Å². The Kier molecular flexibility index (Phi) is 3.48. The van der Waals surface area contributed by atoms with Crippen molar-refractivity contribution in [3.8, 4) is 0 Å². The van der Waals surface area contributed by atoms with Crippen LogP contribution in [0.3, 0.4) is 0 Å². The number of H-pyrrole nitrogens is 1. The maximum Gasteiger partial charge on any atom is 0.129 e. The van der Waals surface area contributed by atoms with Crippen molar-refractivity contribution in [1.82, 2.24) is 19.9 Å². The molecule has 0 radical (unpaired) electrons. The summed E-state index contributed by atoms with van der Waals surface area (Å²) < 4.78 is 0. The minimum Gasteiger partial charge on any atom is -0.370 e. The molecule has 0 bridgehead atoms. The molecule has 0 aliphatic carbocycles. The number of hydrogen-bond acceptors (Lipinski definition) is 4. The molecule has 2 heterocycles. The topological polar surface area (TPSA) is 66.5 Å². The number of aryl methyl sites for hydroxylation is 1. The average Bonchev–Trinajstić information content (AvgIpc) is 2.82. The number of aromatic nitrogens is 4. The Morgan fingerprint density at radius 1 is 1.31 bits per heavy atom. The highest BCUT2D eigenvalue weighted by Crippen LogP contribution is 2.04. The van der Waals surface area contributed by atoms with Crippen LogP contribution >= 0.6 is 0 Å². The summed E-state index contributed by atoms with van der Waals surface area (Å²) in [4.78, 5) is 15.5. The number of nitrogens with one attached hydrogen (secondary N) is 2. The van der Waals surface area contributed by atoms with Gasteiger partial charge in [0.25, 0.3) is 0 Å². The molecule has 84 valence electrons. The van der Waals surface area contributed by atoms with Gasteiger partial charge >= 0.3 is 0 Å². The SMILES string of the molecule is CCc1cc(NCCc2ncc[nH]2)ncn1.